The zero-order valence-corrected chi connectivity index (χ0v) is 10.9. The molecule has 7 heteroatoms. The predicted molar refractivity (Wildman–Crippen MR) is 66.3 cm³/mol. The van der Waals surface area contributed by atoms with Gasteiger partial charge in [0, 0.05) is 10.1 Å². The van der Waals surface area contributed by atoms with E-state index in [1.54, 1.807) is 0 Å². The van der Waals surface area contributed by atoms with Gasteiger partial charge in [-0.1, -0.05) is 0 Å². The molecule has 1 aliphatic rings. The van der Waals surface area contributed by atoms with Crippen molar-refractivity contribution in [3.8, 4) is 0 Å². The monoisotopic (exact) mass is 290 g/mol. The highest BCUT2D eigenvalue weighted by molar-refractivity contribution is 8.01. The van der Waals surface area contributed by atoms with Gasteiger partial charge in [-0.3, -0.25) is 0 Å². The van der Waals surface area contributed by atoms with Crippen LogP contribution in [0.25, 0.3) is 0 Å². The van der Waals surface area contributed by atoms with Gasteiger partial charge in [0.25, 0.3) is 0 Å². The van der Waals surface area contributed by atoms with Crippen LogP contribution in [-0.2, 0) is 9.84 Å². The largest absolute Gasteiger partial charge is 0.478 e. The molecule has 0 aliphatic carbocycles. The molecule has 0 amide bonds. The maximum absolute atomic E-state index is 13.5. The Morgan fingerprint density at radius 1 is 1.44 bits per heavy atom. The molecule has 0 radical (unpaired) electrons. The summed E-state index contributed by atoms with van der Waals surface area (Å²) in [6.45, 7) is 0. The van der Waals surface area contributed by atoms with E-state index in [2.05, 4.69) is 0 Å². The summed E-state index contributed by atoms with van der Waals surface area (Å²) in [6, 6.07) is 3.52. The lowest BCUT2D eigenvalue weighted by atomic mass is 10.2. The van der Waals surface area contributed by atoms with E-state index in [9.17, 15) is 17.6 Å². The third-order valence-corrected chi connectivity index (χ3v) is 5.94. The highest BCUT2D eigenvalue weighted by atomic mass is 32.2. The van der Waals surface area contributed by atoms with Crippen LogP contribution in [0, 0.1) is 5.82 Å². The number of carbonyl (C=O) groups is 1. The van der Waals surface area contributed by atoms with Crippen molar-refractivity contribution in [1.82, 2.24) is 0 Å². The molecule has 98 valence electrons. The molecule has 1 aliphatic heterocycles. The third-order valence-electron chi connectivity index (χ3n) is 2.66. The van der Waals surface area contributed by atoms with Gasteiger partial charge in [-0.15, -0.1) is 11.8 Å². The topological polar surface area (TPSA) is 71.4 Å². The summed E-state index contributed by atoms with van der Waals surface area (Å²) in [5.74, 6) is -1.51. The van der Waals surface area contributed by atoms with Crippen molar-refractivity contribution in [3.63, 3.8) is 0 Å². The summed E-state index contributed by atoms with van der Waals surface area (Å²) >= 11 is 1.09. The lowest BCUT2D eigenvalue weighted by Gasteiger charge is -2.09. The second-order valence-corrected chi connectivity index (χ2v) is 7.66. The van der Waals surface area contributed by atoms with E-state index in [-0.39, 0.29) is 27.2 Å². The molecule has 1 saturated heterocycles. The van der Waals surface area contributed by atoms with Crippen molar-refractivity contribution in [2.24, 2.45) is 0 Å². The Hall–Kier alpha value is -1.08. The molecular weight excluding hydrogens is 279 g/mol. The molecule has 0 saturated carbocycles. The SMILES string of the molecule is O=C(O)c1ccc(F)c(SC2CCS(=O)(=O)C2)c1. The second-order valence-electron chi connectivity index (χ2n) is 4.09. The van der Waals surface area contributed by atoms with E-state index in [0.29, 0.717) is 6.42 Å². The highest BCUT2D eigenvalue weighted by Crippen LogP contribution is 2.33. The third kappa shape index (κ3) is 3.02. The molecule has 4 nitrogen and oxygen atoms in total. The van der Waals surface area contributed by atoms with Crippen LogP contribution in [0.15, 0.2) is 23.1 Å². The van der Waals surface area contributed by atoms with Crippen LogP contribution in [-0.4, -0.2) is 36.2 Å². The molecule has 1 atom stereocenters. The number of sulfone groups is 1. The van der Waals surface area contributed by atoms with Crippen LogP contribution in [0.5, 0.6) is 0 Å². The minimum absolute atomic E-state index is 0.000228. The fourth-order valence-electron chi connectivity index (χ4n) is 1.76. The van der Waals surface area contributed by atoms with Gasteiger partial charge in [-0.05, 0) is 24.6 Å². The average molecular weight is 290 g/mol. The molecule has 0 bridgehead atoms. The van der Waals surface area contributed by atoms with Gasteiger partial charge >= 0.3 is 5.97 Å². The Morgan fingerprint density at radius 3 is 2.72 bits per heavy atom. The van der Waals surface area contributed by atoms with E-state index in [4.69, 9.17) is 5.11 Å². The van der Waals surface area contributed by atoms with Gasteiger partial charge in [-0.25, -0.2) is 17.6 Å². The molecule has 0 spiro atoms. The highest BCUT2D eigenvalue weighted by Gasteiger charge is 2.29. The fraction of sp³-hybridized carbons (Fsp3) is 0.364. The summed E-state index contributed by atoms with van der Waals surface area (Å²) in [6.07, 6.45) is 0.476. The van der Waals surface area contributed by atoms with Crippen molar-refractivity contribution < 1.29 is 22.7 Å². The van der Waals surface area contributed by atoms with E-state index in [1.807, 2.05) is 0 Å². The molecule has 1 unspecified atom stereocenters. The summed E-state index contributed by atoms with van der Waals surface area (Å²) < 4.78 is 36.1. The average Bonchev–Trinajstić information content (AvgIpc) is 2.61. The lowest BCUT2D eigenvalue weighted by Crippen LogP contribution is -2.07. The number of carboxylic acids is 1. The molecule has 1 fully saturated rings. The first kappa shape index (κ1) is 13.4. The molecule has 1 N–H and O–H groups in total. The number of carboxylic acid groups (broad SMARTS) is 1. The first-order valence-electron chi connectivity index (χ1n) is 5.27. The van der Waals surface area contributed by atoms with Crippen molar-refractivity contribution >= 4 is 27.6 Å². The van der Waals surface area contributed by atoms with Crippen molar-refractivity contribution in [3.05, 3.63) is 29.6 Å². The van der Waals surface area contributed by atoms with E-state index < -0.39 is 21.6 Å². The van der Waals surface area contributed by atoms with Crippen molar-refractivity contribution in [2.75, 3.05) is 11.5 Å². The fourth-order valence-corrected chi connectivity index (χ4v) is 5.32. The number of thioether (sulfide) groups is 1. The molecule has 18 heavy (non-hydrogen) atoms. The molecule has 0 aromatic heterocycles. The van der Waals surface area contributed by atoms with Gasteiger partial charge in [0.1, 0.15) is 5.82 Å². The molecular formula is C11H11FO4S2. The normalized spacial score (nSPS) is 21.9. The predicted octanol–water partition coefficient (Wildman–Crippen LogP) is 1.80. The number of hydrogen-bond acceptors (Lipinski definition) is 4. The molecule has 1 heterocycles. The number of aromatic carboxylic acids is 1. The summed E-state index contributed by atoms with van der Waals surface area (Å²) in [4.78, 5) is 11.0. The van der Waals surface area contributed by atoms with Gasteiger partial charge in [0.15, 0.2) is 9.84 Å². The summed E-state index contributed by atoms with van der Waals surface area (Å²) in [5.41, 5.74) is -0.000228. The Bertz CT molecular complexity index is 583. The van der Waals surface area contributed by atoms with Crippen LogP contribution < -0.4 is 0 Å². The van der Waals surface area contributed by atoms with E-state index in [0.717, 1.165) is 17.8 Å². The zero-order chi connectivity index (χ0) is 13.3. The lowest BCUT2D eigenvalue weighted by molar-refractivity contribution is 0.0696. The van der Waals surface area contributed by atoms with Crippen molar-refractivity contribution in [1.29, 1.82) is 0 Å². The maximum atomic E-state index is 13.5. The van der Waals surface area contributed by atoms with Crippen LogP contribution in [0.2, 0.25) is 0 Å². The van der Waals surface area contributed by atoms with Crippen molar-refractivity contribution in [2.45, 2.75) is 16.6 Å². The second kappa shape index (κ2) is 4.89. The number of rotatable bonds is 3. The van der Waals surface area contributed by atoms with Crippen LogP contribution in [0.3, 0.4) is 0 Å². The van der Waals surface area contributed by atoms with Crippen LogP contribution >= 0.6 is 11.8 Å². The smallest absolute Gasteiger partial charge is 0.335 e. The summed E-state index contributed by atoms with van der Waals surface area (Å²) in [5, 5.41) is 8.62. The minimum atomic E-state index is -3.01. The van der Waals surface area contributed by atoms with Crippen LogP contribution in [0.1, 0.15) is 16.8 Å². The molecule has 1 aromatic rings. The first-order valence-corrected chi connectivity index (χ1v) is 7.97. The number of benzene rings is 1. The Morgan fingerprint density at radius 2 is 2.17 bits per heavy atom. The number of hydrogen-bond donors (Lipinski definition) is 1. The molecule has 2 rings (SSSR count). The van der Waals surface area contributed by atoms with E-state index >= 15 is 0 Å². The quantitative estimate of drug-likeness (QED) is 0.919. The van der Waals surface area contributed by atoms with Gasteiger partial charge < -0.3 is 5.11 Å². The Kier molecular flexibility index (Phi) is 3.63. The first-order chi connectivity index (χ1) is 8.37. The van der Waals surface area contributed by atoms with E-state index in [1.165, 1.54) is 12.1 Å². The Balaban J connectivity index is 2.19. The van der Waals surface area contributed by atoms with Crippen LogP contribution in [0.4, 0.5) is 4.39 Å². The van der Waals surface area contributed by atoms with Gasteiger partial charge in [-0.2, -0.15) is 0 Å². The number of halogens is 1. The standard InChI is InChI=1S/C11H11FO4S2/c12-9-2-1-7(11(13)14)5-10(9)17-8-3-4-18(15,16)6-8/h1-2,5,8H,3-4,6H2,(H,13,14). The van der Waals surface area contributed by atoms with Gasteiger partial charge in [0.05, 0.1) is 17.1 Å². The molecule has 1 aromatic carbocycles. The Labute approximate surface area is 108 Å². The summed E-state index contributed by atoms with van der Waals surface area (Å²) in [7, 11) is -3.01. The maximum Gasteiger partial charge on any atom is 0.335 e. The van der Waals surface area contributed by atoms with Gasteiger partial charge in [0.2, 0.25) is 0 Å². The zero-order valence-electron chi connectivity index (χ0n) is 9.30. The minimum Gasteiger partial charge on any atom is -0.478 e.